The molecule has 2 nitrogen and oxygen atoms in total. The molecule has 0 spiro atoms. The van der Waals surface area contributed by atoms with Gasteiger partial charge in [0.15, 0.2) is 0 Å². The van der Waals surface area contributed by atoms with Crippen LogP contribution in [0.3, 0.4) is 0 Å². The van der Waals surface area contributed by atoms with Crippen molar-refractivity contribution >= 4 is 11.8 Å². The predicted octanol–water partition coefficient (Wildman–Crippen LogP) is 3.38. The largest absolute Gasteiger partial charge is 0.317 e. The minimum atomic E-state index is 0.326. The van der Waals surface area contributed by atoms with E-state index in [4.69, 9.17) is 0 Å². The lowest BCUT2D eigenvalue weighted by molar-refractivity contribution is 0.165. The van der Waals surface area contributed by atoms with Crippen LogP contribution >= 0.6 is 11.8 Å². The Morgan fingerprint density at radius 2 is 1.90 bits per heavy atom. The van der Waals surface area contributed by atoms with E-state index in [1.165, 1.54) is 37.1 Å². The Bertz CT molecular complexity index is 401. The molecule has 118 valence electrons. The summed E-state index contributed by atoms with van der Waals surface area (Å²) >= 11 is 1.97. The molecule has 1 N–H and O–H groups in total. The van der Waals surface area contributed by atoms with Crippen molar-refractivity contribution in [1.29, 1.82) is 0 Å². The number of piperidine rings is 1. The molecule has 0 radical (unpaired) electrons. The van der Waals surface area contributed by atoms with E-state index in [1.807, 2.05) is 11.8 Å². The molecule has 1 aliphatic heterocycles. The molecule has 0 bridgehead atoms. The Hall–Kier alpha value is -0.510. The summed E-state index contributed by atoms with van der Waals surface area (Å²) in [5.41, 5.74) is 1.85. The highest BCUT2D eigenvalue weighted by molar-refractivity contribution is 7.98. The number of hydrogen-bond donors (Lipinski definition) is 1. The van der Waals surface area contributed by atoms with Crippen molar-refractivity contribution in [2.24, 2.45) is 0 Å². The molecule has 1 unspecified atom stereocenters. The summed E-state index contributed by atoms with van der Waals surface area (Å²) in [7, 11) is 2.32. The van der Waals surface area contributed by atoms with Gasteiger partial charge in [-0.15, -0.1) is 0 Å². The van der Waals surface area contributed by atoms with Crippen LogP contribution in [-0.4, -0.2) is 49.6 Å². The van der Waals surface area contributed by atoms with Crippen molar-refractivity contribution in [3.63, 3.8) is 0 Å². The van der Waals surface area contributed by atoms with Crippen LogP contribution in [0.2, 0.25) is 0 Å². The van der Waals surface area contributed by atoms with E-state index >= 15 is 0 Å². The van der Waals surface area contributed by atoms with Crippen LogP contribution in [0.15, 0.2) is 30.3 Å². The van der Waals surface area contributed by atoms with Gasteiger partial charge in [0.1, 0.15) is 0 Å². The first-order valence-corrected chi connectivity index (χ1v) is 9.56. The predicted molar refractivity (Wildman–Crippen MR) is 95.3 cm³/mol. The summed E-state index contributed by atoms with van der Waals surface area (Å²) < 4.78 is 0. The van der Waals surface area contributed by atoms with Gasteiger partial charge in [0.25, 0.3) is 0 Å². The summed E-state index contributed by atoms with van der Waals surface area (Å²) in [5.74, 6) is 1.23. The van der Waals surface area contributed by atoms with Gasteiger partial charge in [0.05, 0.1) is 0 Å². The maximum Gasteiger partial charge on any atom is 0.0180 e. The fourth-order valence-electron chi connectivity index (χ4n) is 3.59. The highest BCUT2D eigenvalue weighted by Gasteiger charge is 2.35. The molecule has 2 rings (SSSR count). The molecule has 1 aromatic carbocycles. The van der Waals surface area contributed by atoms with E-state index < -0.39 is 0 Å². The van der Waals surface area contributed by atoms with Gasteiger partial charge in [-0.1, -0.05) is 37.3 Å². The Kier molecular flexibility index (Phi) is 6.59. The van der Waals surface area contributed by atoms with Crippen LogP contribution < -0.4 is 5.32 Å². The van der Waals surface area contributed by atoms with E-state index in [-0.39, 0.29) is 0 Å². The molecule has 1 fully saturated rings. The molecule has 0 aliphatic carbocycles. The monoisotopic (exact) mass is 306 g/mol. The number of nitrogens with zero attached hydrogens (tertiary/aromatic N) is 1. The highest BCUT2D eigenvalue weighted by atomic mass is 32.2. The maximum absolute atomic E-state index is 3.53. The number of likely N-dealkylation sites (N-methyl/N-ethyl adjacent to an activating group) is 1. The molecule has 1 aliphatic rings. The first-order valence-electron chi connectivity index (χ1n) is 8.17. The Morgan fingerprint density at radius 1 is 1.24 bits per heavy atom. The molecule has 1 saturated heterocycles. The molecule has 0 amide bonds. The van der Waals surface area contributed by atoms with Gasteiger partial charge in [-0.25, -0.2) is 0 Å². The number of nitrogens with one attached hydrogen (secondary N) is 1. The fraction of sp³-hybridized carbons (Fsp3) is 0.667. The SMILES string of the molecule is CCC(CSC)N(C)CC1(c2ccccc2)CCNCC1. The molecule has 1 heterocycles. The van der Waals surface area contributed by atoms with Gasteiger partial charge < -0.3 is 10.2 Å². The average Bonchev–Trinajstić information content (AvgIpc) is 2.54. The van der Waals surface area contributed by atoms with Crippen molar-refractivity contribution in [3.05, 3.63) is 35.9 Å². The summed E-state index contributed by atoms with van der Waals surface area (Å²) in [5, 5.41) is 3.53. The van der Waals surface area contributed by atoms with Gasteiger partial charge in [0.2, 0.25) is 0 Å². The van der Waals surface area contributed by atoms with Crippen molar-refractivity contribution in [2.45, 2.75) is 37.6 Å². The van der Waals surface area contributed by atoms with Gasteiger partial charge in [-0.3, -0.25) is 0 Å². The second kappa shape index (κ2) is 8.21. The normalized spacial score (nSPS) is 19.6. The fourth-order valence-corrected chi connectivity index (χ4v) is 4.47. The average molecular weight is 307 g/mol. The standard InChI is InChI=1S/C18H30N2S/c1-4-17(14-21-3)20(2)15-18(10-12-19-13-11-18)16-8-6-5-7-9-16/h5-9,17,19H,4,10-15H2,1-3H3. The van der Waals surface area contributed by atoms with Crippen LogP contribution in [0, 0.1) is 0 Å². The van der Waals surface area contributed by atoms with Crippen LogP contribution in [0.25, 0.3) is 0 Å². The zero-order valence-electron chi connectivity index (χ0n) is 13.8. The number of rotatable bonds is 7. The minimum Gasteiger partial charge on any atom is -0.317 e. The van der Waals surface area contributed by atoms with E-state index in [0.717, 1.165) is 13.1 Å². The zero-order valence-corrected chi connectivity index (χ0v) is 14.6. The van der Waals surface area contributed by atoms with E-state index in [9.17, 15) is 0 Å². The van der Waals surface area contributed by atoms with E-state index in [1.54, 1.807) is 0 Å². The van der Waals surface area contributed by atoms with Crippen molar-refractivity contribution in [2.75, 3.05) is 38.7 Å². The topological polar surface area (TPSA) is 15.3 Å². The van der Waals surface area contributed by atoms with Gasteiger partial charge in [-0.05, 0) is 51.2 Å². The van der Waals surface area contributed by atoms with Crippen LogP contribution in [0.1, 0.15) is 31.7 Å². The van der Waals surface area contributed by atoms with Gasteiger partial charge >= 0.3 is 0 Å². The molecule has 0 saturated carbocycles. The molecule has 1 aromatic rings. The van der Waals surface area contributed by atoms with E-state index in [0.29, 0.717) is 11.5 Å². The van der Waals surface area contributed by atoms with Crippen LogP contribution in [-0.2, 0) is 5.41 Å². The molecule has 0 aromatic heterocycles. The molecule has 21 heavy (non-hydrogen) atoms. The Morgan fingerprint density at radius 3 is 2.48 bits per heavy atom. The van der Waals surface area contributed by atoms with Gasteiger partial charge in [0, 0.05) is 23.8 Å². The number of benzene rings is 1. The Balaban J connectivity index is 2.17. The van der Waals surface area contributed by atoms with E-state index in [2.05, 4.69) is 60.8 Å². The third kappa shape index (κ3) is 4.24. The molecular formula is C18H30N2S. The Labute approximate surface area is 134 Å². The van der Waals surface area contributed by atoms with Crippen LogP contribution in [0.4, 0.5) is 0 Å². The summed E-state index contributed by atoms with van der Waals surface area (Å²) in [4.78, 5) is 2.61. The lowest BCUT2D eigenvalue weighted by Crippen LogP contribution is -2.49. The number of thioether (sulfide) groups is 1. The molecule has 1 atom stereocenters. The third-order valence-corrected chi connectivity index (χ3v) is 5.67. The lowest BCUT2D eigenvalue weighted by atomic mass is 9.72. The summed E-state index contributed by atoms with van der Waals surface area (Å²) in [6.07, 6.45) is 5.95. The van der Waals surface area contributed by atoms with Crippen molar-refractivity contribution < 1.29 is 0 Å². The molecule has 3 heteroatoms. The lowest BCUT2D eigenvalue weighted by Gasteiger charge is -2.43. The zero-order chi connectivity index (χ0) is 15.1. The maximum atomic E-state index is 3.53. The van der Waals surface area contributed by atoms with Gasteiger partial charge in [-0.2, -0.15) is 11.8 Å². The van der Waals surface area contributed by atoms with Crippen molar-refractivity contribution in [1.82, 2.24) is 10.2 Å². The highest BCUT2D eigenvalue weighted by Crippen LogP contribution is 2.34. The van der Waals surface area contributed by atoms with Crippen molar-refractivity contribution in [3.8, 4) is 0 Å². The second-order valence-electron chi connectivity index (χ2n) is 6.33. The number of hydrogen-bond acceptors (Lipinski definition) is 3. The second-order valence-corrected chi connectivity index (χ2v) is 7.24. The summed E-state index contributed by atoms with van der Waals surface area (Å²) in [6, 6.07) is 11.9. The smallest absolute Gasteiger partial charge is 0.0180 e. The first-order chi connectivity index (χ1) is 10.2. The first kappa shape index (κ1) is 16.9. The quantitative estimate of drug-likeness (QED) is 0.831. The molecular weight excluding hydrogens is 276 g/mol. The van der Waals surface area contributed by atoms with Crippen LogP contribution in [0.5, 0.6) is 0 Å². The summed E-state index contributed by atoms with van der Waals surface area (Å²) in [6.45, 7) is 5.77. The minimum absolute atomic E-state index is 0.326. The third-order valence-electron chi connectivity index (χ3n) is 4.95.